The number of carbonyl (C=O) groups excluding carboxylic acids is 1. The van der Waals surface area contributed by atoms with Crippen LogP contribution in [0.2, 0.25) is 5.02 Å². The zero-order valence-electron chi connectivity index (χ0n) is 15.4. The fourth-order valence-electron chi connectivity index (χ4n) is 2.90. The summed E-state index contributed by atoms with van der Waals surface area (Å²) in [7, 11) is 5.14. The van der Waals surface area contributed by atoms with Crippen LogP contribution < -0.4 is 15.4 Å². The number of methoxy groups -OCH3 is 2. The summed E-state index contributed by atoms with van der Waals surface area (Å²) in [5.41, 5.74) is 8.04. The van der Waals surface area contributed by atoms with Crippen molar-refractivity contribution >= 4 is 34.2 Å². The maximum absolute atomic E-state index is 11.7. The number of H-pyrrole nitrogens is 1. The number of anilines is 1. The first-order chi connectivity index (χ1) is 13.0. The minimum atomic E-state index is -0.505. The first-order valence-corrected chi connectivity index (χ1v) is 8.70. The Labute approximate surface area is 162 Å². The van der Waals surface area contributed by atoms with E-state index < -0.39 is 5.91 Å². The number of nitrogens with two attached hydrogens (primary N) is 1. The van der Waals surface area contributed by atoms with Gasteiger partial charge in [0.2, 0.25) is 5.88 Å². The molecule has 1 amide bonds. The predicted molar refractivity (Wildman–Crippen MR) is 107 cm³/mol. The van der Waals surface area contributed by atoms with E-state index in [1.807, 2.05) is 30.1 Å². The van der Waals surface area contributed by atoms with Crippen molar-refractivity contribution in [3.63, 3.8) is 0 Å². The summed E-state index contributed by atoms with van der Waals surface area (Å²) < 4.78 is 10.6. The summed E-state index contributed by atoms with van der Waals surface area (Å²) in [5.74, 6) is 0.688. The molecular weight excluding hydrogens is 368 g/mol. The molecule has 0 saturated carbocycles. The molecule has 7 nitrogen and oxygen atoms in total. The third-order valence-electron chi connectivity index (χ3n) is 4.39. The van der Waals surface area contributed by atoms with Gasteiger partial charge in [0.15, 0.2) is 0 Å². The monoisotopic (exact) mass is 388 g/mol. The molecule has 1 aromatic carbocycles. The number of halogens is 1. The molecule has 0 radical (unpaired) electrons. The first kappa shape index (κ1) is 19.0. The van der Waals surface area contributed by atoms with Gasteiger partial charge in [-0.2, -0.15) is 4.98 Å². The molecule has 3 rings (SSSR count). The van der Waals surface area contributed by atoms with Gasteiger partial charge in [0.05, 0.1) is 24.3 Å². The standard InChI is InChI=1S/C19H21ClN4O3/c1-24(6-7-26-2)17-5-4-11(19(23-17)27-3)12-8-13-14(18(21)25)10-22-16(13)9-15(12)20/h4-5,8-10,22H,6-7H2,1-3H3,(H2,21,25). The highest BCUT2D eigenvalue weighted by atomic mass is 35.5. The number of hydrogen-bond acceptors (Lipinski definition) is 5. The Kier molecular flexibility index (Phi) is 5.53. The van der Waals surface area contributed by atoms with E-state index in [4.69, 9.17) is 26.8 Å². The average Bonchev–Trinajstić information content (AvgIpc) is 3.07. The highest BCUT2D eigenvalue weighted by Crippen LogP contribution is 2.38. The lowest BCUT2D eigenvalue weighted by Gasteiger charge is -2.19. The number of amides is 1. The van der Waals surface area contributed by atoms with Crippen LogP contribution in [0.4, 0.5) is 5.82 Å². The molecule has 27 heavy (non-hydrogen) atoms. The van der Waals surface area contributed by atoms with Gasteiger partial charge in [-0.1, -0.05) is 11.6 Å². The summed E-state index contributed by atoms with van der Waals surface area (Å²) in [6.07, 6.45) is 1.58. The molecule has 0 fully saturated rings. The lowest BCUT2D eigenvalue weighted by Crippen LogP contribution is -2.23. The second kappa shape index (κ2) is 7.85. The number of benzene rings is 1. The van der Waals surface area contributed by atoms with Crippen molar-refractivity contribution < 1.29 is 14.3 Å². The van der Waals surface area contributed by atoms with E-state index in [-0.39, 0.29) is 0 Å². The quantitative estimate of drug-likeness (QED) is 0.648. The van der Waals surface area contributed by atoms with Gasteiger partial charge in [0.1, 0.15) is 5.82 Å². The smallest absolute Gasteiger partial charge is 0.250 e. The number of aromatic nitrogens is 2. The van der Waals surface area contributed by atoms with Gasteiger partial charge in [-0.3, -0.25) is 4.79 Å². The van der Waals surface area contributed by atoms with Crippen molar-refractivity contribution in [2.45, 2.75) is 0 Å². The van der Waals surface area contributed by atoms with Gasteiger partial charge in [-0.25, -0.2) is 0 Å². The topological polar surface area (TPSA) is 93.5 Å². The third-order valence-corrected chi connectivity index (χ3v) is 4.70. The van der Waals surface area contributed by atoms with Crippen LogP contribution in [0, 0.1) is 0 Å². The Bertz CT molecular complexity index is 986. The van der Waals surface area contributed by atoms with E-state index in [9.17, 15) is 4.79 Å². The van der Waals surface area contributed by atoms with Crippen LogP contribution in [0.5, 0.6) is 5.88 Å². The minimum Gasteiger partial charge on any atom is -0.480 e. The van der Waals surface area contributed by atoms with Crippen molar-refractivity contribution in [2.24, 2.45) is 5.73 Å². The van der Waals surface area contributed by atoms with Gasteiger partial charge in [-0.15, -0.1) is 0 Å². The minimum absolute atomic E-state index is 0.408. The number of fused-ring (bicyclic) bond motifs is 1. The zero-order chi connectivity index (χ0) is 19.6. The van der Waals surface area contributed by atoms with E-state index in [2.05, 4.69) is 9.97 Å². The van der Waals surface area contributed by atoms with Gasteiger partial charge in [0, 0.05) is 48.9 Å². The Morgan fingerprint density at radius 1 is 1.30 bits per heavy atom. The summed E-state index contributed by atoms with van der Waals surface area (Å²) in [5, 5.41) is 1.21. The fourth-order valence-corrected chi connectivity index (χ4v) is 3.17. The number of rotatable bonds is 7. The molecular formula is C19H21ClN4O3. The van der Waals surface area contributed by atoms with Crippen LogP contribution in [-0.2, 0) is 4.74 Å². The van der Waals surface area contributed by atoms with E-state index in [1.54, 1.807) is 26.5 Å². The molecule has 2 heterocycles. The molecule has 0 atom stereocenters. The number of aromatic amines is 1. The van der Waals surface area contributed by atoms with Crippen LogP contribution in [-0.4, -0.2) is 50.3 Å². The number of likely N-dealkylation sites (N-methyl/N-ethyl adjacent to an activating group) is 1. The number of carbonyl (C=O) groups is 1. The predicted octanol–water partition coefficient (Wildman–Crippen LogP) is 3.07. The van der Waals surface area contributed by atoms with Crippen LogP contribution in [0.15, 0.2) is 30.5 Å². The molecule has 0 saturated heterocycles. The second-order valence-corrected chi connectivity index (χ2v) is 6.49. The maximum Gasteiger partial charge on any atom is 0.250 e. The Hall–Kier alpha value is -2.77. The third kappa shape index (κ3) is 3.70. The molecule has 3 N–H and O–H groups in total. The maximum atomic E-state index is 11.7. The highest BCUT2D eigenvalue weighted by molar-refractivity contribution is 6.34. The van der Waals surface area contributed by atoms with Crippen LogP contribution >= 0.6 is 11.6 Å². The Morgan fingerprint density at radius 2 is 2.07 bits per heavy atom. The van der Waals surface area contributed by atoms with E-state index in [0.717, 1.165) is 16.9 Å². The Morgan fingerprint density at radius 3 is 2.74 bits per heavy atom. The van der Waals surface area contributed by atoms with Gasteiger partial charge >= 0.3 is 0 Å². The second-order valence-electron chi connectivity index (χ2n) is 6.08. The zero-order valence-corrected chi connectivity index (χ0v) is 16.1. The number of nitrogens with zero attached hydrogens (tertiary/aromatic N) is 2. The molecule has 0 unspecified atom stereocenters. The molecule has 0 aliphatic rings. The lowest BCUT2D eigenvalue weighted by atomic mass is 10.0. The number of ether oxygens (including phenoxy) is 2. The first-order valence-electron chi connectivity index (χ1n) is 8.32. The Balaban J connectivity index is 2.08. The molecule has 142 valence electrons. The van der Waals surface area contributed by atoms with Gasteiger partial charge in [0.25, 0.3) is 5.91 Å². The molecule has 0 spiro atoms. The molecule has 2 aromatic heterocycles. The number of pyridine rings is 1. The van der Waals surface area contributed by atoms with Gasteiger partial charge < -0.3 is 25.1 Å². The lowest BCUT2D eigenvalue weighted by molar-refractivity contribution is 0.100. The molecule has 3 aromatic rings. The summed E-state index contributed by atoms with van der Waals surface area (Å²) in [6, 6.07) is 7.37. The van der Waals surface area contributed by atoms with E-state index >= 15 is 0 Å². The van der Waals surface area contributed by atoms with E-state index in [1.165, 1.54) is 0 Å². The summed E-state index contributed by atoms with van der Waals surface area (Å²) in [4.78, 5) is 21.2. The average molecular weight is 389 g/mol. The van der Waals surface area contributed by atoms with Crippen LogP contribution in [0.3, 0.4) is 0 Å². The molecule has 0 bridgehead atoms. The normalized spacial score (nSPS) is 11.0. The number of hydrogen-bond donors (Lipinski definition) is 2. The largest absolute Gasteiger partial charge is 0.480 e. The van der Waals surface area contributed by atoms with E-state index in [0.29, 0.717) is 40.6 Å². The number of primary amides is 1. The SMILES string of the molecule is COCCN(C)c1ccc(-c2cc3c(C(N)=O)c[nH]c3cc2Cl)c(OC)n1. The highest BCUT2D eigenvalue weighted by Gasteiger charge is 2.17. The van der Waals surface area contributed by atoms with Crippen molar-refractivity contribution in [1.82, 2.24) is 9.97 Å². The van der Waals surface area contributed by atoms with Gasteiger partial charge in [-0.05, 0) is 24.3 Å². The van der Waals surface area contributed by atoms with Crippen molar-refractivity contribution in [1.29, 1.82) is 0 Å². The molecule has 0 aliphatic carbocycles. The van der Waals surface area contributed by atoms with Crippen molar-refractivity contribution in [3.05, 3.63) is 41.0 Å². The van der Waals surface area contributed by atoms with Crippen molar-refractivity contribution in [2.75, 3.05) is 39.3 Å². The number of nitrogens with one attached hydrogen (secondary N) is 1. The van der Waals surface area contributed by atoms with Crippen LogP contribution in [0.1, 0.15) is 10.4 Å². The molecule has 8 heteroatoms. The fraction of sp³-hybridized carbons (Fsp3) is 0.263. The summed E-state index contributed by atoms with van der Waals surface area (Å²) in [6.45, 7) is 1.29. The van der Waals surface area contributed by atoms with Crippen molar-refractivity contribution in [3.8, 4) is 17.0 Å². The summed E-state index contributed by atoms with van der Waals surface area (Å²) >= 11 is 6.48. The molecule has 0 aliphatic heterocycles. The van der Waals surface area contributed by atoms with Crippen LogP contribution in [0.25, 0.3) is 22.0 Å².